The van der Waals surface area contributed by atoms with Crippen LogP contribution in [-0.4, -0.2) is 43.7 Å². The largest absolute Gasteiger partial charge is 0.493 e. The molecule has 0 aliphatic rings. The van der Waals surface area contributed by atoms with Crippen LogP contribution < -0.4 is 14.2 Å². The van der Waals surface area contributed by atoms with Crippen LogP contribution in [0, 0.1) is 6.92 Å². The molecule has 0 saturated carbocycles. The molecule has 0 aromatic heterocycles. The minimum Gasteiger partial charge on any atom is -0.493 e. The fourth-order valence-corrected chi connectivity index (χ4v) is 3.76. The van der Waals surface area contributed by atoms with E-state index >= 15 is 0 Å². The van der Waals surface area contributed by atoms with Crippen LogP contribution in [0.3, 0.4) is 0 Å². The van der Waals surface area contributed by atoms with Crippen LogP contribution in [0.4, 0.5) is 0 Å². The number of esters is 4. The molecule has 0 spiro atoms. The molecule has 0 atom stereocenters. The zero-order chi connectivity index (χ0) is 31.0. The van der Waals surface area contributed by atoms with E-state index < -0.39 is 23.9 Å². The molecular weight excluding hydrogens is 552 g/mol. The molecule has 3 aromatic rings. The molecule has 3 aromatic carbocycles. The minimum absolute atomic E-state index is 0.222. The van der Waals surface area contributed by atoms with Gasteiger partial charge in [0.2, 0.25) is 0 Å². The lowest BCUT2D eigenvalue weighted by molar-refractivity contribution is -0.138. The van der Waals surface area contributed by atoms with Gasteiger partial charge in [-0.25, -0.2) is 19.2 Å². The van der Waals surface area contributed by atoms with E-state index in [1.165, 1.54) is 0 Å². The predicted octanol–water partition coefficient (Wildman–Crippen LogP) is 5.98. The van der Waals surface area contributed by atoms with E-state index in [0.29, 0.717) is 53.6 Å². The molecule has 3 rings (SSSR count). The van der Waals surface area contributed by atoms with Crippen LogP contribution in [0.5, 0.6) is 17.2 Å². The van der Waals surface area contributed by atoms with Crippen LogP contribution in [0.2, 0.25) is 0 Å². The number of hydrogen-bond donors (Lipinski definition) is 0. The first-order valence-corrected chi connectivity index (χ1v) is 13.7. The van der Waals surface area contributed by atoms with Gasteiger partial charge in [-0.1, -0.05) is 25.3 Å². The number of carbonyl (C=O) groups excluding carboxylic acids is 4. The normalized spacial score (nSPS) is 10.3. The molecule has 0 aliphatic heterocycles. The number of rotatable bonds is 16. The lowest BCUT2D eigenvalue weighted by atomic mass is 10.1. The van der Waals surface area contributed by atoms with Crippen molar-refractivity contribution in [2.45, 2.75) is 32.6 Å². The van der Waals surface area contributed by atoms with Gasteiger partial charge in [0, 0.05) is 18.6 Å². The summed E-state index contributed by atoms with van der Waals surface area (Å²) in [5.74, 6) is -0.745. The molecule has 9 heteroatoms. The summed E-state index contributed by atoms with van der Waals surface area (Å²) in [5, 5.41) is 0. The zero-order valence-electron chi connectivity index (χ0n) is 24.0. The SMILES string of the molecule is C=CC(=O)OCCCCc1ccc(C(=O)Oc2ccc(OC(=O)c3ccc(OCCCOC(=O)C=C)cc3)cc2C)cc1. The standard InChI is InChI=1S/C34H34O9/c1-4-31(35)40-20-7-6-9-25-10-12-26(13-11-25)34(38)43-30-19-18-29(23-24(30)3)42-33(37)27-14-16-28(17-15-27)39-21-8-22-41-32(36)5-2/h4-5,10-19,23H,1-2,6-9,20-22H2,3H3. The highest BCUT2D eigenvalue weighted by Crippen LogP contribution is 2.25. The average molecular weight is 587 g/mol. The molecule has 0 saturated heterocycles. The molecule has 0 bridgehead atoms. The Morgan fingerprint density at radius 3 is 1.81 bits per heavy atom. The van der Waals surface area contributed by atoms with E-state index in [1.807, 2.05) is 12.1 Å². The first kappa shape index (κ1) is 32.3. The molecule has 0 N–H and O–H groups in total. The van der Waals surface area contributed by atoms with Crippen molar-refractivity contribution in [1.82, 2.24) is 0 Å². The highest BCUT2D eigenvalue weighted by atomic mass is 16.5. The van der Waals surface area contributed by atoms with E-state index in [9.17, 15) is 19.2 Å². The third kappa shape index (κ3) is 11.0. The van der Waals surface area contributed by atoms with Crippen LogP contribution >= 0.6 is 0 Å². The Morgan fingerprint density at radius 1 is 0.651 bits per heavy atom. The van der Waals surface area contributed by atoms with Crippen LogP contribution in [0.1, 0.15) is 51.1 Å². The van der Waals surface area contributed by atoms with Gasteiger partial charge < -0.3 is 23.7 Å². The van der Waals surface area contributed by atoms with Gasteiger partial charge in [-0.15, -0.1) is 0 Å². The Balaban J connectivity index is 1.45. The molecule has 0 unspecified atom stereocenters. The number of hydrogen-bond acceptors (Lipinski definition) is 9. The van der Waals surface area contributed by atoms with Crippen LogP contribution in [0.15, 0.2) is 92.0 Å². The minimum atomic E-state index is -0.551. The van der Waals surface area contributed by atoms with Gasteiger partial charge in [0.1, 0.15) is 17.2 Å². The van der Waals surface area contributed by atoms with Gasteiger partial charge in [0.15, 0.2) is 0 Å². The quantitative estimate of drug-likeness (QED) is 0.0865. The van der Waals surface area contributed by atoms with Crippen molar-refractivity contribution in [2.24, 2.45) is 0 Å². The van der Waals surface area contributed by atoms with Crippen molar-refractivity contribution in [2.75, 3.05) is 19.8 Å². The third-order valence-electron chi connectivity index (χ3n) is 6.08. The highest BCUT2D eigenvalue weighted by molar-refractivity contribution is 5.92. The van der Waals surface area contributed by atoms with Gasteiger partial charge in [0.25, 0.3) is 0 Å². The lowest BCUT2D eigenvalue weighted by Gasteiger charge is -2.11. The van der Waals surface area contributed by atoms with Crippen molar-refractivity contribution < 1.29 is 42.9 Å². The first-order valence-electron chi connectivity index (χ1n) is 13.7. The maximum Gasteiger partial charge on any atom is 0.343 e. The van der Waals surface area contributed by atoms with E-state index in [0.717, 1.165) is 37.0 Å². The molecule has 224 valence electrons. The summed E-state index contributed by atoms with van der Waals surface area (Å²) in [4.78, 5) is 47.4. The maximum atomic E-state index is 12.7. The van der Waals surface area contributed by atoms with Gasteiger partial charge in [-0.05, 0) is 91.9 Å². The van der Waals surface area contributed by atoms with Gasteiger partial charge in [-0.2, -0.15) is 0 Å². The summed E-state index contributed by atoms with van der Waals surface area (Å²) >= 11 is 0. The molecule has 0 amide bonds. The van der Waals surface area contributed by atoms with Gasteiger partial charge >= 0.3 is 23.9 Å². The average Bonchev–Trinajstić information content (AvgIpc) is 3.02. The molecule has 0 aliphatic carbocycles. The summed E-state index contributed by atoms with van der Waals surface area (Å²) in [5.41, 5.74) is 2.41. The third-order valence-corrected chi connectivity index (χ3v) is 6.08. The number of unbranched alkanes of at least 4 members (excludes halogenated alkanes) is 1. The topological polar surface area (TPSA) is 114 Å². The van der Waals surface area contributed by atoms with Crippen molar-refractivity contribution >= 4 is 23.9 Å². The smallest absolute Gasteiger partial charge is 0.343 e. The zero-order valence-corrected chi connectivity index (χ0v) is 24.0. The Labute approximate surface area is 250 Å². The van der Waals surface area contributed by atoms with Crippen molar-refractivity contribution in [3.63, 3.8) is 0 Å². The molecule has 43 heavy (non-hydrogen) atoms. The summed E-state index contributed by atoms with van der Waals surface area (Å²) in [6.45, 7) is 9.34. The molecule has 0 heterocycles. The van der Waals surface area contributed by atoms with Gasteiger partial charge in [-0.3, -0.25) is 0 Å². The summed E-state index contributed by atoms with van der Waals surface area (Å²) in [7, 11) is 0. The van der Waals surface area contributed by atoms with E-state index in [1.54, 1.807) is 61.5 Å². The van der Waals surface area contributed by atoms with Crippen molar-refractivity contribution in [3.8, 4) is 17.2 Å². The molecule has 9 nitrogen and oxygen atoms in total. The highest BCUT2D eigenvalue weighted by Gasteiger charge is 2.14. The fourth-order valence-electron chi connectivity index (χ4n) is 3.76. The number of benzene rings is 3. The van der Waals surface area contributed by atoms with Crippen LogP contribution in [-0.2, 0) is 25.5 Å². The summed E-state index contributed by atoms with van der Waals surface area (Å²) in [6.07, 6.45) is 5.11. The predicted molar refractivity (Wildman–Crippen MR) is 159 cm³/mol. The number of carbonyl (C=O) groups is 4. The molecular formula is C34H34O9. The van der Waals surface area contributed by atoms with Crippen molar-refractivity contribution in [3.05, 3.63) is 114 Å². The molecule has 0 fully saturated rings. The van der Waals surface area contributed by atoms with Crippen molar-refractivity contribution in [1.29, 1.82) is 0 Å². The Morgan fingerprint density at radius 2 is 1.21 bits per heavy atom. The Bertz CT molecular complexity index is 1420. The first-order chi connectivity index (χ1) is 20.8. The second-order valence-electron chi connectivity index (χ2n) is 9.33. The second-order valence-corrected chi connectivity index (χ2v) is 9.33. The maximum absolute atomic E-state index is 12.7. The fraction of sp³-hybridized carbons (Fsp3) is 0.235. The van der Waals surface area contributed by atoms with E-state index in [2.05, 4.69) is 13.2 Å². The summed E-state index contributed by atoms with van der Waals surface area (Å²) in [6, 6.07) is 18.4. The van der Waals surface area contributed by atoms with E-state index in [-0.39, 0.29) is 6.61 Å². The Hall–Kier alpha value is -5.18. The Kier molecular flexibility index (Phi) is 12.7. The second kappa shape index (κ2) is 16.9. The van der Waals surface area contributed by atoms with E-state index in [4.69, 9.17) is 23.7 Å². The van der Waals surface area contributed by atoms with Crippen LogP contribution in [0.25, 0.3) is 0 Å². The number of ether oxygens (including phenoxy) is 5. The monoisotopic (exact) mass is 586 g/mol. The summed E-state index contributed by atoms with van der Waals surface area (Å²) < 4.78 is 26.5. The van der Waals surface area contributed by atoms with Gasteiger partial charge in [0.05, 0.1) is 30.9 Å². The number of aryl methyl sites for hydroxylation is 2. The lowest BCUT2D eigenvalue weighted by Crippen LogP contribution is -2.11. The molecule has 0 radical (unpaired) electrons.